The molecule has 0 heterocycles. The van der Waals surface area contributed by atoms with Crippen LogP contribution in [0, 0.1) is 11.7 Å². The van der Waals surface area contributed by atoms with Crippen molar-refractivity contribution in [2.24, 2.45) is 5.92 Å². The molecule has 1 N–H and O–H groups in total. The summed E-state index contributed by atoms with van der Waals surface area (Å²) in [5.74, 6) is 0.662. The number of halogens is 1. The van der Waals surface area contributed by atoms with Crippen molar-refractivity contribution in [3.63, 3.8) is 0 Å². The average Bonchev–Trinajstić information content (AvgIpc) is 2.48. The molecule has 0 aromatic heterocycles. The van der Waals surface area contributed by atoms with Crippen LogP contribution in [0.3, 0.4) is 0 Å². The number of rotatable bonds is 6. The lowest BCUT2D eigenvalue weighted by Gasteiger charge is -2.10. The Morgan fingerprint density at radius 1 is 1.18 bits per heavy atom. The zero-order valence-corrected chi connectivity index (χ0v) is 12.8. The Bertz CT molecular complexity index is 623. The minimum absolute atomic E-state index is 0.278. The number of carbonyl (C=O) groups is 1. The van der Waals surface area contributed by atoms with E-state index in [9.17, 15) is 9.18 Å². The number of ether oxygens (including phenoxy) is 1. The largest absolute Gasteiger partial charge is 0.494 e. The molecule has 0 atom stereocenters. The lowest BCUT2D eigenvalue weighted by atomic mass is 10.1. The molecule has 0 aliphatic carbocycles. The van der Waals surface area contributed by atoms with E-state index in [1.165, 1.54) is 24.3 Å². The summed E-state index contributed by atoms with van der Waals surface area (Å²) in [6, 6.07) is 12.7. The van der Waals surface area contributed by atoms with Gasteiger partial charge in [-0.3, -0.25) is 4.79 Å². The Morgan fingerprint density at radius 3 is 2.59 bits per heavy atom. The fourth-order valence-corrected chi connectivity index (χ4v) is 1.88. The third kappa shape index (κ3) is 4.88. The molecule has 0 saturated carbocycles. The summed E-state index contributed by atoms with van der Waals surface area (Å²) < 4.78 is 18.5. The van der Waals surface area contributed by atoms with Crippen LogP contribution in [0.2, 0.25) is 0 Å². The summed E-state index contributed by atoms with van der Waals surface area (Å²) in [4.78, 5) is 12.1. The van der Waals surface area contributed by atoms with E-state index in [0.717, 1.165) is 12.2 Å². The molecule has 0 saturated heterocycles. The third-order valence-corrected chi connectivity index (χ3v) is 3.16. The topological polar surface area (TPSA) is 38.3 Å². The van der Waals surface area contributed by atoms with E-state index < -0.39 is 0 Å². The molecule has 1 amide bonds. The molecule has 2 aromatic rings. The highest BCUT2D eigenvalue weighted by Gasteiger charge is 2.07. The molecule has 116 valence electrons. The summed E-state index contributed by atoms with van der Waals surface area (Å²) in [7, 11) is 0. The van der Waals surface area contributed by atoms with E-state index in [0.29, 0.717) is 23.8 Å². The Labute approximate surface area is 130 Å². The Kier molecular flexibility index (Phi) is 5.53. The molecule has 0 radical (unpaired) electrons. The molecule has 3 nitrogen and oxygen atoms in total. The highest BCUT2D eigenvalue weighted by molar-refractivity contribution is 6.04. The maximum Gasteiger partial charge on any atom is 0.255 e. The number of hydrogen-bond acceptors (Lipinski definition) is 2. The van der Waals surface area contributed by atoms with Gasteiger partial charge in [0.15, 0.2) is 0 Å². The second kappa shape index (κ2) is 7.59. The van der Waals surface area contributed by atoms with Crippen LogP contribution in [0.1, 0.15) is 30.6 Å². The van der Waals surface area contributed by atoms with Gasteiger partial charge < -0.3 is 10.1 Å². The van der Waals surface area contributed by atoms with Crippen molar-refractivity contribution in [2.45, 2.75) is 20.3 Å². The van der Waals surface area contributed by atoms with Crippen LogP contribution in [-0.4, -0.2) is 12.5 Å². The number of amides is 1. The van der Waals surface area contributed by atoms with Crippen molar-refractivity contribution in [3.05, 3.63) is 59.9 Å². The quantitative estimate of drug-likeness (QED) is 0.853. The number of nitrogens with one attached hydrogen (secondary N) is 1. The van der Waals surface area contributed by atoms with Crippen molar-refractivity contribution < 1.29 is 13.9 Å². The average molecular weight is 301 g/mol. The number of benzene rings is 2. The van der Waals surface area contributed by atoms with Crippen molar-refractivity contribution >= 4 is 11.6 Å². The van der Waals surface area contributed by atoms with Gasteiger partial charge in [-0.1, -0.05) is 19.9 Å². The van der Waals surface area contributed by atoms with Crippen molar-refractivity contribution in [3.8, 4) is 5.75 Å². The van der Waals surface area contributed by atoms with Crippen LogP contribution in [0.25, 0.3) is 0 Å². The number of anilines is 1. The zero-order chi connectivity index (χ0) is 15.9. The van der Waals surface area contributed by atoms with Crippen LogP contribution >= 0.6 is 0 Å². The Morgan fingerprint density at radius 2 is 1.91 bits per heavy atom. The van der Waals surface area contributed by atoms with Crippen LogP contribution in [0.5, 0.6) is 5.75 Å². The van der Waals surface area contributed by atoms with Gasteiger partial charge in [0.25, 0.3) is 5.91 Å². The predicted molar refractivity (Wildman–Crippen MR) is 85.7 cm³/mol. The second-order valence-electron chi connectivity index (χ2n) is 5.52. The molecule has 0 unspecified atom stereocenters. The second-order valence-corrected chi connectivity index (χ2v) is 5.52. The number of hydrogen-bond donors (Lipinski definition) is 1. The first-order valence-electron chi connectivity index (χ1n) is 7.34. The highest BCUT2D eigenvalue weighted by atomic mass is 19.1. The van der Waals surface area contributed by atoms with E-state index >= 15 is 0 Å². The summed E-state index contributed by atoms with van der Waals surface area (Å²) in [6.07, 6.45) is 0.978. The SMILES string of the molecule is CC(C)CCOc1cccc(NC(=O)c2ccc(F)cc2)c1. The minimum Gasteiger partial charge on any atom is -0.494 e. The zero-order valence-electron chi connectivity index (χ0n) is 12.8. The van der Waals surface area contributed by atoms with Gasteiger partial charge in [0.1, 0.15) is 11.6 Å². The first-order valence-corrected chi connectivity index (χ1v) is 7.34. The standard InChI is InChI=1S/C18H20FNO2/c1-13(2)10-11-22-17-5-3-4-16(12-17)20-18(21)14-6-8-15(19)9-7-14/h3-9,12-13H,10-11H2,1-2H3,(H,20,21). The molecule has 4 heteroatoms. The van der Waals surface area contributed by atoms with E-state index in [4.69, 9.17) is 4.74 Å². The molecular weight excluding hydrogens is 281 g/mol. The molecule has 0 spiro atoms. The van der Waals surface area contributed by atoms with Gasteiger partial charge in [-0.2, -0.15) is 0 Å². The van der Waals surface area contributed by atoms with E-state index in [1.54, 1.807) is 12.1 Å². The minimum atomic E-state index is -0.364. The maximum absolute atomic E-state index is 12.9. The molecule has 2 rings (SSSR count). The first kappa shape index (κ1) is 16.0. The molecule has 0 aliphatic rings. The van der Waals surface area contributed by atoms with Gasteiger partial charge in [0.2, 0.25) is 0 Å². The van der Waals surface area contributed by atoms with Gasteiger partial charge in [-0.25, -0.2) is 4.39 Å². The Balaban J connectivity index is 1.97. The Hall–Kier alpha value is -2.36. The summed E-state index contributed by atoms with van der Waals surface area (Å²) >= 11 is 0. The normalized spacial score (nSPS) is 10.5. The van der Waals surface area contributed by atoms with E-state index in [1.807, 2.05) is 12.1 Å². The smallest absolute Gasteiger partial charge is 0.255 e. The lowest BCUT2D eigenvalue weighted by molar-refractivity contribution is 0.102. The first-order chi connectivity index (χ1) is 10.5. The molecule has 0 bridgehead atoms. The van der Waals surface area contributed by atoms with Gasteiger partial charge >= 0.3 is 0 Å². The fourth-order valence-electron chi connectivity index (χ4n) is 1.88. The van der Waals surface area contributed by atoms with Gasteiger partial charge in [0.05, 0.1) is 6.61 Å². The monoisotopic (exact) mass is 301 g/mol. The van der Waals surface area contributed by atoms with Crippen molar-refractivity contribution in [1.29, 1.82) is 0 Å². The van der Waals surface area contributed by atoms with Gasteiger partial charge in [0, 0.05) is 17.3 Å². The van der Waals surface area contributed by atoms with Crippen LogP contribution < -0.4 is 10.1 Å². The molecule has 0 aliphatic heterocycles. The lowest BCUT2D eigenvalue weighted by Crippen LogP contribution is -2.12. The van der Waals surface area contributed by atoms with E-state index in [2.05, 4.69) is 19.2 Å². The van der Waals surface area contributed by atoms with Crippen molar-refractivity contribution in [1.82, 2.24) is 0 Å². The van der Waals surface area contributed by atoms with Crippen molar-refractivity contribution in [2.75, 3.05) is 11.9 Å². The van der Waals surface area contributed by atoms with Crippen LogP contribution in [0.4, 0.5) is 10.1 Å². The molecule has 2 aromatic carbocycles. The molecular formula is C18H20FNO2. The predicted octanol–water partition coefficient (Wildman–Crippen LogP) is 4.50. The van der Waals surface area contributed by atoms with E-state index in [-0.39, 0.29) is 11.7 Å². The van der Waals surface area contributed by atoms with Gasteiger partial charge in [-0.15, -0.1) is 0 Å². The fraction of sp³-hybridized carbons (Fsp3) is 0.278. The maximum atomic E-state index is 12.9. The number of carbonyl (C=O) groups excluding carboxylic acids is 1. The molecule has 22 heavy (non-hydrogen) atoms. The highest BCUT2D eigenvalue weighted by Crippen LogP contribution is 2.19. The van der Waals surface area contributed by atoms with Crippen LogP contribution in [-0.2, 0) is 0 Å². The summed E-state index contributed by atoms with van der Waals surface area (Å²) in [6.45, 7) is 4.93. The molecule has 0 fully saturated rings. The summed E-state index contributed by atoms with van der Waals surface area (Å²) in [5, 5.41) is 2.78. The summed E-state index contributed by atoms with van der Waals surface area (Å²) in [5.41, 5.74) is 1.06. The van der Waals surface area contributed by atoms with Crippen LogP contribution in [0.15, 0.2) is 48.5 Å². The third-order valence-electron chi connectivity index (χ3n) is 3.16. The van der Waals surface area contributed by atoms with Gasteiger partial charge in [-0.05, 0) is 48.7 Å².